The zero-order valence-electron chi connectivity index (χ0n) is 19.2. The number of nitrogens with zero attached hydrogens (tertiary/aromatic N) is 2. The number of amides is 1. The maximum absolute atomic E-state index is 14.2. The smallest absolute Gasteiger partial charge is 0.290 e. The molecule has 3 aromatic rings. The molecular formula is C28H30F2N2O2. The van der Waals surface area contributed by atoms with E-state index < -0.39 is 5.82 Å². The van der Waals surface area contributed by atoms with Gasteiger partial charge in [0.05, 0.1) is 6.26 Å². The van der Waals surface area contributed by atoms with Crippen LogP contribution in [0.3, 0.4) is 0 Å². The maximum atomic E-state index is 14.2. The molecule has 1 unspecified atom stereocenters. The molecule has 0 radical (unpaired) electrons. The molecule has 34 heavy (non-hydrogen) atoms. The van der Waals surface area contributed by atoms with E-state index in [2.05, 4.69) is 21.9 Å². The lowest BCUT2D eigenvalue weighted by Gasteiger charge is -2.41. The Morgan fingerprint density at radius 3 is 2.44 bits per heavy atom. The molecule has 1 aliphatic carbocycles. The van der Waals surface area contributed by atoms with Crippen molar-refractivity contribution in [3.63, 3.8) is 0 Å². The SMILES string of the molecule is O=C(c1ccco1)N(C1CC1)C(Cc1ccccc1)C1CCN(Cc2cc(F)ccc2F)CC1. The van der Waals surface area contributed by atoms with Crippen molar-refractivity contribution in [2.45, 2.75) is 50.7 Å². The van der Waals surface area contributed by atoms with Crippen LogP contribution >= 0.6 is 0 Å². The van der Waals surface area contributed by atoms with Gasteiger partial charge in [-0.3, -0.25) is 9.69 Å². The zero-order chi connectivity index (χ0) is 23.5. The summed E-state index contributed by atoms with van der Waals surface area (Å²) in [4.78, 5) is 17.7. The highest BCUT2D eigenvalue weighted by molar-refractivity contribution is 5.92. The van der Waals surface area contributed by atoms with E-state index in [1.54, 1.807) is 18.4 Å². The minimum absolute atomic E-state index is 0.0299. The summed E-state index contributed by atoms with van der Waals surface area (Å²) >= 11 is 0. The van der Waals surface area contributed by atoms with Crippen molar-refractivity contribution in [2.24, 2.45) is 5.92 Å². The van der Waals surface area contributed by atoms with Crippen LogP contribution in [0, 0.1) is 17.6 Å². The molecule has 1 saturated carbocycles. The number of halogens is 2. The summed E-state index contributed by atoms with van der Waals surface area (Å²) in [5.74, 6) is -0.0878. The van der Waals surface area contributed by atoms with Crippen LogP contribution in [-0.2, 0) is 13.0 Å². The molecule has 5 rings (SSSR count). The Labute approximate surface area is 199 Å². The number of hydrogen-bond donors (Lipinski definition) is 0. The molecule has 1 aromatic heterocycles. The van der Waals surface area contributed by atoms with Crippen LogP contribution in [0.25, 0.3) is 0 Å². The second-order valence-electron chi connectivity index (χ2n) is 9.53. The topological polar surface area (TPSA) is 36.7 Å². The molecule has 2 aliphatic rings. The minimum atomic E-state index is -0.411. The van der Waals surface area contributed by atoms with Crippen molar-refractivity contribution in [2.75, 3.05) is 13.1 Å². The number of carbonyl (C=O) groups is 1. The Kier molecular flexibility index (Phi) is 6.77. The van der Waals surface area contributed by atoms with Gasteiger partial charge in [-0.1, -0.05) is 30.3 Å². The molecule has 2 heterocycles. The monoisotopic (exact) mass is 464 g/mol. The fourth-order valence-corrected chi connectivity index (χ4v) is 5.22. The van der Waals surface area contributed by atoms with E-state index in [0.717, 1.165) is 51.3 Å². The van der Waals surface area contributed by atoms with Gasteiger partial charge < -0.3 is 9.32 Å². The molecule has 1 amide bonds. The van der Waals surface area contributed by atoms with E-state index in [4.69, 9.17) is 4.42 Å². The molecule has 2 aromatic carbocycles. The first-order valence-electron chi connectivity index (χ1n) is 12.1. The highest BCUT2D eigenvalue weighted by Crippen LogP contribution is 2.36. The van der Waals surface area contributed by atoms with Crippen molar-refractivity contribution in [1.82, 2.24) is 9.80 Å². The maximum Gasteiger partial charge on any atom is 0.290 e. The van der Waals surface area contributed by atoms with Gasteiger partial charge in [0, 0.05) is 24.2 Å². The fourth-order valence-electron chi connectivity index (χ4n) is 5.22. The third-order valence-corrected chi connectivity index (χ3v) is 7.13. The second kappa shape index (κ2) is 10.1. The summed E-state index contributed by atoms with van der Waals surface area (Å²) in [7, 11) is 0. The summed E-state index contributed by atoms with van der Waals surface area (Å²) in [6, 6.07) is 17.8. The molecule has 178 valence electrons. The Morgan fingerprint density at radius 2 is 1.76 bits per heavy atom. The standard InChI is InChI=1S/C28H30F2N2O2/c29-23-8-11-25(30)22(18-23)19-31-14-12-21(13-15-31)26(17-20-5-2-1-3-6-20)32(24-9-10-24)28(33)27-7-4-16-34-27/h1-8,11,16,18,21,24,26H,9-10,12-15,17,19H2. The van der Waals surface area contributed by atoms with Crippen LogP contribution in [0.5, 0.6) is 0 Å². The highest BCUT2D eigenvalue weighted by atomic mass is 19.1. The van der Waals surface area contributed by atoms with Crippen LogP contribution in [0.4, 0.5) is 8.78 Å². The van der Waals surface area contributed by atoms with Crippen molar-refractivity contribution >= 4 is 5.91 Å². The molecule has 6 heteroatoms. The first kappa shape index (κ1) is 22.8. The van der Waals surface area contributed by atoms with Crippen molar-refractivity contribution < 1.29 is 18.0 Å². The normalized spacial score (nSPS) is 18.1. The average molecular weight is 465 g/mol. The lowest BCUT2D eigenvalue weighted by molar-refractivity contribution is 0.0453. The number of benzene rings is 2. The predicted octanol–water partition coefficient (Wildman–Crippen LogP) is 5.69. The Bertz CT molecular complexity index is 1090. The summed E-state index contributed by atoms with van der Waals surface area (Å²) in [5.41, 5.74) is 1.61. The van der Waals surface area contributed by atoms with Crippen LogP contribution in [-0.4, -0.2) is 40.9 Å². The number of likely N-dealkylation sites (tertiary alicyclic amines) is 1. The molecule has 1 aliphatic heterocycles. The Hall–Kier alpha value is -2.99. The number of carbonyl (C=O) groups excluding carboxylic acids is 1. The molecular weight excluding hydrogens is 434 g/mol. The molecule has 4 nitrogen and oxygen atoms in total. The molecule has 0 spiro atoms. The summed E-state index contributed by atoms with van der Waals surface area (Å²) in [5, 5.41) is 0. The van der Waals surface area contributed by atoms with E-state index in [9.17, 15) is 13.6 Å². The summed E-state index contributed by atoms with van der Waals surface area (Å²) < 4.78 is 33.2. The van der Waals surface area contributed by atoms with E-state index in [1.165, 1.54) is 17.7 Å². The number of furan rings is 1. The highest BCUT2D eigenvalue weighted by Gasteiger charge is 2.42. The van der Waals surface area contributed by atoms with Gasteiger partial charge in [0.25, 0.3) is 5.91 Å². The van der Waals surface area contributed by atoms with Crippen LogP contribution in [0.1, 0.15) is 47.4 Å². The van der Waals surface area contributed by atoms with Gasteiger partial charge in [0.1, 0.15) is 11.6 Å². The Balaban J connectivity index is 1.33. The fraction of sp³-hybridized carbons (Fsp3) is 0.393. The largest absolute Gasteiger partial charge is 0.459 e. The van der Waals surface area contributed by atoms with Gasteiger partial charge in [0.2, 0.25) is 0 Å². The summed E-state index contributed by atoms with van der Waals surface area (Å²) in [6.45, 7) is 1.98. The van der Waals surface area contributed by atoms with Gasteiger partial charge in [-0.25, -0.2) is 8.78 Å². The molecule has 2 fully saturated rings. The van der Waals surface area contributed by atoms with Crippen LogP contribution < -0.4 is 0 Å². The minimum Gasteiger partial charge on any atom is -0.459 e. The van der Waals surface area contributed by atoms with Crippen molar-refractivity contribution in [1.29, 1.82) is 0 Å². The second-order valence-corrected chi connectivity index (χ2v) is 9.53. The summed E-state index contributed by atoms with van der Waals surface area (Å²) in [6.07, 6.45) is 6.21. The number of rotatable bonds is 8. The van der Waals surface area contributed by atoms with Gasteiger partial charge in [-0.2, -0.15) is 0 Å². The van der Waals surface area contributed by atoms with Crippen LogP contribution in [0.2, 0.25) is 0 Å². The first-order valence-corrected chi connectivity index (χ1v) is 12.1. The van der Waals surface area contributed by atoms with E-state index in [0.29, 0.717) is 23.8 Å². The van der Waals surface area contributed by atoms with Crippen molar-refractivity contribution in [3.8, 4) is 0 Å². The van der Waals surface area contributed by atoms with Crippen LogP contribution in [0.15, 0.2) is 71.3 Å². The van der Waals surface area contributed by atoms with Gasteiger partial charge in [-0.05, 0) is 87.0 Å². The lowest BCUT2D eigenvalue weighted by Crippen LogP contribution is -2.50. The molecule has 1 atom stereocenters. The zero-order valence-corrected chi connectivity index (χ0v) is 19.2. The average Bonchev–Trinajstić information content (AvgIpc) is 3.53. The molecule has 1 saturated heterocycles. The lowest BCUT2D eigenvalue weighted by atomic mass is 9.84. The van der Waals surface area contributed by atoms with Gasteiger partial charge >= 0.3 is 0 Å². The number of hydrogen-bond acceptors (Lipinski definition) is 3. The third-order valence-electron chi connectivity index (χ3n) is 7.13. The molecule has 0 N–H and O–H groups in total. The van der Waals surface area contributed by atoms with Gasteiger partial charge in [0.15, 0.2) is 5.76 Å². The van der Waals surface area contributed by atoms with E-state index in [1.807, 2.05) is 18.2 Å². The van der Waals surface area contributed by atoms with Gasteiger partial charge in [-0.15, -0.1) is 0 Å². The molecule has 0 bridgehead atoms. The quantitative estimate of drug-likeness (QED) is 0.430. The first-order chi connectivity index (χ1) is 16.6. The predicted molar refractivity (Wildman–Crippen MR) is 126 cm³/mol. The third kappa shape index (κ3) is 5.22. The van der Waals surface area contributed by atoms with Crippen molar-refractivity contribution in [3.05, 3.63) is 95.4 Å². The van der Waals surface area contributed by atoms with E-state index in [-0.39, 0.29) is 23.8 Å². The Morgan fingerprint density at radius 1 is 1.00 bits per heavy atom. The van der Waals surface area contributed by atoms with E-state index >= 15 is 0 Å². The number of piperidine rings is 1.